The molecule has 0 bridgehead atoms. The number of hydrogen-bond donors (Lipinski definition) is 3. The Labute approximate surface area is 126 Å². The Hall–Kier alpha value is -0.828. The van der Waals surface area contributed by atoms with Crippen molar-refractivity contribution in [2.24, 2.45) is 0 Å². The predicted octanol–water partition coefficient (Wildman–Crippen LogP) is 1.80. The zero-order valence-corrected chi connectivity index (χ0v) is 12.2. The van der Waals surface area contributed by atoms with Crippen LogP contribution >= 0.6 is 12.6 Å². The van der Waals surface area contributed by atoms with Crippen LogP contribution in [0.25, 0.3) is 0 Å². The van der Waals surface area contributed by atoms with Crippen molar-refractivity contribution in [1.82, 2.24) is 5.32 Å². The largest absolute Gasteiger partial charge is 0.347 e. The minimum Gasteiger partial charge on any atom is -0.347 e. The predicted molar refractivity (Wildman–Crippen MR) is 70.9 cm³/mol. The van der Waals surface area contributed by atoms with Gasteiger partial charge < -0.3 is 10.6 Å². The van der Waals surface area contributed by atoms with Gasteiger partial charge in [-0.2, -0.15) is 12.6 Å². The smallest absolute Gasteiger partial charge is 0.224 e. The van der Waals surface area contributed by atoms with Gasteiger partial charge in [0.1, 0.15) is 0 Å². The van der Waals surface area contributed by atoms with E-state index >= 15 is 0 Å². The first-order valence-electron chi connectivity index (χ1n) is 5.45. The van der Waals surface area contributed by atoms with Crippen molar-refractivity contribution in [1.29, 1.82) is 0 Å². The van der Waals surface area contributed by atoms with E-state index in [2.05, 4.69) is 23.3 Å². The van der Waals surface area contributed by atoms with Gasteiger partial charge in [0.05, 0.1) is 5.88 Å². The zero-order chi connectivity index (χ0) is 12.5. The molecule has 18 heavy (non-hydrogen) atoms. The fraction of sp³-hybridized carbons (Fsp3) is 0.333. The first-order chi connectivity index (χ1) is 8.22. The van der Waals surface area contributed by atoms with Gasteiger partial charge in [0.2, 0.25) is 11.8 Å². The number of nitrogens with one attached hydrogen (secondary N) is 2. The van der Waals surface area contributed by atoms with Crippen LogP contribution in [0.1, 0.15) is 19.3 Å². The maximum Gasteiger partial charge on any atom is 0.224 e. The summed E-state index contributed by atoms with van der Waals surface area (Å²) in [4.78, 5) is 22.6. The monoisotopic (exact) mass is 358 g/mol. The first kappa shape index (κ1) is 17.2. The Balaban J connectivity index is 0.00000289. The molecule has 2 N–H and O–H groups in total. The van der Waals surface area contributed by atoms with Gasteiger partial charge in [-0.1, -0.05) is 18.2 Å². The second-order valence-corrected chi connectivity index (χ2v) is 3.84. The normalized spacial score (nSPS) is 9.17. The average molecular weight is 359 g/mol. The molecule has 2 amide bonds. The quantitative estimate of drug-likeness (QED) is 0.412. The van der Waals surface area contributed by atoms with Crippen LogP contribution in [0.3, 0.4) is 0 Å². The molecule has 4 nitrogen and oxygen atoms in total. The van der Waals surface area contributed by atoms with Gasteiger partial charge in [-0.05, 0) is 18.6 Å². The molecular weight excluding hydrogens is 343 g/mol. The third-order valence-corrected chi connectivity index (χ3v) is 2.30. The standard InChI is InChI=1S/C12H16N2O2S.Pd/c15-11(13-9-17)7-4-8-12(16)14-10-5-2-1-3-6-10;/h1-3,5-6,17H,4,7-9H2,(H,13,15)(H,14,16);. The minimum atomic E-state index is -0.0764. The van der Waals surface area contributed by atoms with Crippen molar-refractivity contribution in [2.75, 3.05) is 11.2 Å². The van der Waals surface area contributed by atoms with Crippen LogP contribution in [0.2, 0.25) is 0 Å². The summed E-state index contributed by atoms with van der Waals surface area (Å²) in [6.07, 6.45) is 1.23. The number of para-hydroxylation sites is 1. The number of benzene rings is 1. The summed E-state index contributed by atoms with van der Waals surface area (Å²) in [5.74, 6) is 0.178. The summed E-state index contributed by atoms with van der Waals surface area (Å²) in [5, 5.41) is 5.32. The SMILES string of the molecule is O=C(CCCC(=O)Nc1ccccc1)NCS.[Pd]. The number of carbonyl (C=O) groups is 2. The Kier molecular flexibility index (Phi) is 9.66. The van der Waals surface area contributed by atoms with E-state index in [0.717, 1.165) is 5.69 Å². The van der Waals surface area contributed by atoms with Gasteiger partial charge >= 0.3 is 0 Å². The van der Waals surface area contributed by atoms with Crippen LogP contribution in [-0.2, 0) is 30.0 Å². The molecule has 0 aliphatic heterocycles. The van der Waals surface area contributed by atoms with E-state index in [1.807, 2.05) is 30.3 Å². The maximum absolute atomic E-state index is 11.5. The molecule has 0 saturated heterocycles. The van der Waals surface area contributed by atoms with Crippen molar-refractivity contribution >= 4 is 30.1 Å². The number of hydrogen-bond acceptors (Lipinski definition) is 3. The summed E-state index contributed by atoms with van der Waals surface area (Å²) in [6, 6.07) is 9.25. The number of amides is 2. The molecule has 102 valence electrons. The van der Waals surface area contributed by atoms with E-state index in [4.69, 9.17) is 0 Å². The second kappa shape index (κ2) is 10.1. The summed E-state index contributed by atoms with van der Waals surface area (Å²) >= 11 is 3.88. The topological polar surface area (TPSA) is 58.2 Å². The fourth-order valence-electron chi connectivity index (χ4n) is 1.33. The van der Waals surface area contributed by atoms with Crippen LogP contribution in [0.4, 0.5) is 5.69 Å². The molecule has 0 heterocycles. The van der Waals surface area contributed by atoms with E-state index in [1.165, 1.54) is 0 Å². The van der Waals surface area contributed by atoms with Crippen molar-refractivity contribution in [3.05, 3.63) is 30.3 Å². The maximum atomic E-state index is 11.5. The molecule has 0 aliphatic carbocycles. The van der Waals surface area contributed by atoms with Crippen LogP contribution < -0.4 is 10.6 Å². The Bertz CT molecular complexity index is 374. The van der Waals surface area contributed by atoms with E-state index in [-0.39, 0.29) is 32.2 Å². The summed E-state index contributed by atoms with van der Waals surface area (Å²) in [7, 11) is 0. The fourth-order valence-corrected chi connectivity index (χ4v) is 1.51. The summed E-state index contributed by atoms with van der Waals surface area (Å²) in [6.45, 7) is 0. The molecule has 0 unspecified atom stereocenters. The zero-order valence-electron chi connectivity index (χ0n) is 9.80. The first-order valence-corrected chi connectivity index (χ1v) is 6.08. The van der Waals surface area contributed by atoms with Gasteiger partial charge in [0.25, 0.3) is 0 Å². The number of rotatable bonds is 6. The Morgan fingerprint density at radius 3 is 2.28 bits per heavy atom. The van der Waals surface area contributed by atoms with Crippen molar-refractivity contribution < 1.29 is 30.0 Å². The molecule has 6 heteroatoms. The van der Waals surface area contributed by atoms with Crippen LogP contribution in [-0.4, -0.2) is 17.7 Å². The molecule has 0 aromatic heterocycles. The molecule has 1 rings (SSSR count). The molecule has 0 atom stereocenters. The van der Waals surface area contributed by atoms with E-state index < -0.39 is 0 Å². The summed E-state index contributed by atoms with van der Waals surface area (Å²) < 4.78 is 0. The molecule has 0 radical (unpaired) electrons. The number of thiol groups is 1. The number of anilines is 1. The molecule has 1 aromatic carbocycles. The van der Waals surface area contributed by atoms with Gasteiger partial charge in [-0.25, -0.2) is 0 Å². The van der Waals surface area contributed by atoms with E-state index in [9.17, 15) is 9.59 Å². The van der Waals surface area contributed by atoms with Gasteiger partial charge in [-0.15, -0.1) is 0 Å². The molecule has 0 spiro atoms. The Morgan fingerprint density at radius 1 is 1.06 bits per heavy atom. The molecule has 0 aliphatic rings. The molecule has 0 fully saturated rings. The third kappa shape index (κ3) is 7.49. The van der Waals surface area contributed by atoms with Crippen LogP contribution in [0.15, 0.2) is 30.3 Å². The van der Waals surface area contributed by atoms with Crippen LogP contribution in [0.5, 0.6) is 0 Å². The van der Waals surface area contributed by atoms with Gasteiger partial charge in [0.15, 0.2) is 0 Å². The molecule has 0 saturated carbocycles. The third-order valence-electron chi connectivity index (χ3n) is 2.14. The van der Waals surface area contributed by atoms with Crippen molar-refractivity contribution in [2.45, 2.75) is 19.3 Å². The number of carbonyl (C=O) groups excluding carboxylic acids is 2. The van der Waals surface area contributed by atoms with Gasteiger partial charge in [0, 0.05) is 39.0 Å². The molecule has 1 aromatic rings. The second-order valence-electron chi connectivity index (χ2n) is 3.53. The van der Waals surface area contributed by atoms with E-state index in [1.54, 1.807) is 0 Å². The Morgan fingerprint density at radius 2 is 1.67 bits per heavy atom. The molecular formula is C12H16N2O2PdS. The summed E-state index contributed by atoms with van der Waals surface area (Å²) in [5.41, 5.74) is 0.775. The van der Waals surface area contributed by atoms with Gasteiger partial charge in [-0.3, -0.25) is 9.59 Å². The van der Waals surface area contributed by atoms with Crippen molar-refractivity contribution in [3.8, 4) is 0 Å². The van der Waals surface area contributed by atoms with E-state index in [0.29, 0.717) is 25.1 Å². The average Bonchev–Trinajstić information content (AvgIpc) is 2.30. The minimum absolute atomic E-state index is 0. The van der Waals surface area contributed by atoms with Crippen LogP contribution in [0, 0.1) is 0 Å². The van der Waals surface area contributed by atoms with Crippen molar-refractivity contribution in [3.63, 3.8) is 0 Å².